The van der Waals surface area contributed by atoms with Crippen LogP contribution < -0.4 is 5.73 Å². The molecule has 5 nitrogen and oxygen atoms in total. The molecule has 0 bridgehead atoms. The van der Waals surface area contributed by atoms with Gasteiger partial charge in [0.1, 0.15) is 12.2 Å². The normalized spacial score (nSPS) is 10.4. The van der Waals surface area contributed by atoms with Crippen LogP contribution in [0.2, 0.25) is 0 Å². The van der Waals surface area contributed by atoms with Gasteiger partial charge in [0.25, 0.3) is 0 Å². The molecule has 0 aliphatic rings. The van der Waals surface area contributed by atoms with Crippen molar-refractivity contribution in [1.29, 1.82) is 0 Å². The molecule has 2 rings (SSSR count). The van der Waals surface area contributed by atoms with E-state index in [2.05, 4.69) is 30.9 Å². The van der Waals surface area contributed by atoms with Crippen molar-refractivity contribution in [2.24, 2.45) is 5.73 Å². The maximum atomic E-state index is 5.54. The first-order chi connectivity index (χ1) is 6.83. The van der Waals surface area contributed by atoms with Crippen molar-refractivity contribution in [2.45, 2.75) is 6.54 Å². The average molecular weight is 254 g/mol. The first-order valence-electron chi connectivity index (χ1n) is 4.01. The van der Waals surface area contributed by atoms with E-state index in [9.17, 15) is 0 Å². The van der Waals surface area contributed by atoms with E-state index in [-0.39, 0.29) is 0 Å². The minimum Gasteiger partial charge on any atom is -0.324 e. The highest BCUT2D eigenvalue weighted by molar-refractivity contribution is 9.10. The number of halogens is 1. The van der Waals surface area contributed by atoms with Crippen LogP contribution in [0.4, 0.5) is 0 Å². The lowest BCUT2D eigenvalue weighted by atomic mass is 10.5. The summed E-state index contributed by atoms with van der Waals surface area (Å²) < 4.78 is 2.64. The van der Waals surface area contributed by atoms with Gasteiger partial charge in [-0.2, -0.15) is 0 Å². The molecule has 2 aromatic rings. The monoisotopic (exact) mass is 253 g/mol. The second-order valence-corrected chi connectivity index (χ2v) is 3.47. The molecule has 0 aliphatic heterocycles. The number of hydrogen-bond donors (Lipinski definition) is 1. The van der Waals surface area contributed by atoms with Gasteiger partial charge in [-0.15, -0.1) is 0 Å². The Morgan fingerprint density at radius 3 is 3.00 bits per heavy atom. The Labute approximate surface area is 89.1 Å². The molecule has 0 spiro atoms. The number of nitrogens with two attached hydrogens (primary N) is 1. The SMILES string of the molecule is NCc1nccn1-c1ncncc1Br. The van der Waals surface area contributed by atoms with Crippen LogP contribution in [-0.4, -0.2) is 19.5 Å². The maximum absolute atomic E-state index is 5.54. The van der Waals surface area contributed by atoms with Gasteiger partial charge >= 0.3 is 0 Å². The Balaban J connectivity index is 2.54. The van der Waals surface area contributed by atoms with Gasteiger partial charge in [0.15, 0.2) is 5.82 Å². The molecule has 2 N–H and O–H groups in total. The van der Waals surface area contributed by atoms with E-state index in [0.717, 1.165) is 16.1 Å². The van der Waals surface area contributed by atoms with Gasteiger partial charge in [0, 0.05) is 18.6 Å². The number of aromatic nitrogens is 4. The average Bonchev–Trinajstić information content (AvgIpc) is 2.66. The first kappa shape index (κ1) is 9.29. The maximum Gasteiger partial charge on any atom is 0.155 e. The van der Waals surface area contributed by atoms with E-state index in [1.165, 1.54) is 6.33 Å². The van der Waals surface area contributed by atoms with Crippen LogP contribution in [0.15, 0.2) is 29.4 Å². The third-order valence-corrected chi connectivity index (χ3v) is 2.34. The zero-order valence-corrected chi connectivity index (χ0v) is 8.85. The van der Waals surface area contributed by atoms with Crippen LogP contribution in [0.1, 0.15) is 5.82 Å². The predicted molar refractivity (Wildman–Crippen MR) is 54.7 cm³/mol. The summed E-state index contributed by atoms with van der Waals surface area (Å²) in [7, 11) is 0. The molecule has 2 heterocycles. The van der Waals surface area contributed by atoms with E-state index in [1.807, 2.05) is 10.8 Å². The number of nitrogens with zero attached hydrogens (tertiary/aromatic N) is 4. The fourth-order valence-electron chi connectivity index (χ4n) is 1.16. The lowest BCUT2D eigenvalue weighted by molar-refractivity contribution is 0.839. The van der Waals surface area contributed by atoms with Crippen molar-refractivity contribution in [3.63, 3.8) is 0 Å². The number of rotatable bonds is 2. The van der Waals surface area contributed by atoms with Gasteiger partial charge in [-0.25, -0.2) is 15.0 Å². The molecular formula is C8H8BrN5. The van der Waals surface area contributed by atoms with E-state index >= 15 is 0 Å². The van der Waals surface area contributed by atoms with Crippen molar-refractivity contribution >= 4 is 15.9 Å². The van der Waals surface area contributed by atoms with Gasteiger partial charge in [0.2, 0.25) is 0 Å². The Kier molecular flexibility index (Phi) is 2.55. The molecule has 0 aromatic carbocycles. The van der Waals surface area contributed by atoms with Gasteiger partial charge in [-0.05, 0) is 15.9 Å². The minimum absolute atomic E-state index is 0.378. The van der Waals surface area contributed by atoms with Gasteiger partial charge in [-0.1, -0.05) is 0 Å². The lowest BCUT2D eigenvalue weighted by Crippen LogP contribution is -2.08. The molecule has 0 saturated heterocycles. The van der Waals surface area contributed by atoms with Crippen molar-refractivity contribution < 1.29 is 0 Å². The van der Waals surface area contributed by atoms with Crippen LogP contribution in [0.5, 0.6) is 0 Å². The Morgan fingerprint density at radius 1 is 1.43 bits per heavy atom. The second-order valence-electron chi connectivity index (χ2n) is 2.61. The van der Waals surface area contributed by atoms with Crippen LogP contribution in [-0.2, 0) is 6.54 Å². The van der Waals surface area contributed by atoms with E-state index in [4.69, 9.17) is 5.73 Å². The molecule has 0 unspecified atom stereocenters. The highest BCUT2D eigenvalue weighted by atomic mass is 79.9. The highest BCUT2D eigenvalue weighted by Gasteiger charge is 2.07. The van der Waals surface area contributed by atoms with Crippen molar-refractivity contribution in [1.82, 2.24) is 19.5 Å². The Hall–Kier alpha value is -1.27. The van der Waals surface area contributed by atoms with Gasteiger partial charge in [-0.3, -0.25) is 4.57 Å². The third-order valence-electron chi connectivity index (χ3n) is 1.78. The van der Waals surface area contributed by atoms with Crippen molar-refractivity contribution in [3.05, 3.63) is 35.2 Å². The molecule has 0 radical (unpaired) electrons. The quantitative estimate of drug-likeness (QED) is 0.863. The van der Waals surface area contributed by atoms with Crippen LogP contribution >= 0.6 is 15.9 Å². The summed E-state index contributed by atoms with van der Waals surface area (Å²) in [6, 6.07) is 0. The number of hydrogen-bond acceptors (Lipinski definition) is 4. The van der Waals surface area contributed by atoms with Gasteiger partial charge < -0.3 is 5.73 Å². The standard InChI is InChI=1S/C8H8BrN5/c9-6-4-11-5-13-8(6)14-2-1-12-7(14)3-10/h1-2,4-5H,3,10H2. The Morgan fingerprint density at radius 2 is 2.29 bits per heavy atom. The molecule has 0 atom stereocenters. The summed E-state index contributed by atoms with van der Waals surface area (Å²) in [6.45, 7) is 0.378. The summed E-state index contributed by atoms with van der Waals surface area (Å²) in [5.41, 5.74) is 5.54. The smallest absolute Gasteiger partial charge is 0.155 e. The predicted octanol–water partition coefficient (Wildman–Crippen LogP) is 0.883. The molecule has 0 aliphatic carbocycles. The van der Waals surface area contributed by atoms with Crippen molar-refractivity contribution in [3.8, 4) is 5.82 Å². The molecule has 2 aromatic heterocycles. The third kappa shape index (κ3) is 1.53. The van der Waals surface area contributed by atoms with E-state index in [0.29, 0.717) is 6.54 Å². The summed E-state index contributed by atoms with van der Waals surface area (Å²) in [4.78, 5) is 12.1. The first-order valence-corrected chi connectivity index (χ1v) is 4.80. The van der Waals surface area contributed by atoms with E-state index in [1.54, 1.807) is 12.4 Å². The lowest BCUT2D eigenvalue weighted by Gasteiger charge is -2.05. The van der Waals surface area contributed by atoms with Gasteiger partial charge in [0.05, 0.1) is 11.0 Å². The summed E-state index contributed by atoms with van der Waals surface area (Å²) in [6.07, 6.45) is 6.68. The van der Waals surface area contributed by atoms with E-state index < -0.39 is 0 Å². The van der Waals surface area contributed by atoms with Crippen molar-refractivity contribution in [2.75, 3.05) is 0 Å². The molecule has 0 amide bonds. The summed E-state index contributed by atoms with van der Waals surface area (Å²) in [5, 5.41) is 0. The molecule has 6 heteroatoms. The van der Waals surface area contributed by atoms with Crippen LogP contribution in [0, 0.1) is 0 Å². The zero-order valence-electron chi connectivity index (χ0n) is 7.26. The van der Waals surface area contributed by atoms with Crippen LogP contribution in [0.3, 0.4) is 0 Å². The zero-order chi connectivity index (χ0) is 9.97. The second kappa shape index (κ2) is 3.85. The molecule has 0 fully saturated rings. The fourth-order valence-corrected chi connectivity index (χ4v) is 1.57. The minimum atomic E-state index is 0.378. The molecule has 14 heavy (non-hydrogen) atoms. The molecule has 72 valence electrons. The fraction of sp³-hybridized carbons (Fsp3) is 0.125. The molecular weight excluding hydrogens is 246 g/mol. The summed E-state index contributed by atoms with van der Waals surface area (Å²) >= 11 is 3.37. The largest absolute Gasteiger partial charge is 0.324 e. The Bertz CT molecular complexity index is 439. The highest BCUT2D eigenvalue weighted by Crippen LogP contribution is 2.17. The number of imidazole rings is 1. The summed E-state index contributed by atoms with van der Waals surface area (Å²) in [5.74, 6) is 1.52. The molecule has 0 saturated carbocycles. The topological polar surface area (TPSA) is 69.6 Å². The van der Waals surface area contributed by atoms with Crippen LogP contribution in [0.25, 0.3) is 5.82 Å².